The summed E-state index contributed by atoms with van der Waals surface area (Å²) in [5.41, 5.74) is 7.76. The Labute approximate surface area is 123 Å². The summed E-state index contributed by atoms with van der Waals surface area (Å²) >= 11 is 0. The number of nitrogen functional groups attached to an aromatic ring is 1. The van der Waals surface area contributed by atoms with Crippen LogP contribution in [0.15, 0.2) is 16.7 Å². The summed E-state index contributed by atoms with van der Waals surface area (Å²) in [7, 11) is 4.75. The van der Waals surface area contributed by atoms with Gasteiger partial charge in [-0.1, -0.05) is 5.16 Å². The highest BCUT2D eigenvalue weighted by molar-refractivity contribution is 5.77. The second kappa shape index (κ2) is 6.21. The topological polar surface area (TPSA) is 79.7 Å². The first kappa shape index (κ1) is 14.8. The fourth-order valence-corrected chi connectivity index (χ4v) is 1.87. The van der Waals surface area contributed by atoms with E-state index in [2.05, 4.69) is 5.16 Å². The number of benzene rings is 1. The van der Waals surface area contributed by atoms with E-state index in [1.165, 1.54) is 0 Å². The molecule has 0 fully saturated rings. The van der Waals surface area contributed by atoms with E-state index in [1.807, 2.05) is 12.1 Å². The van der Waals surface area contributed by atoms with E-state index >= 15 is 0 Å². The fourth-order valence-electron chi connectivity index (χ4n) is 1.87. The van der Waals surface area contributed by atoms with Gasteiger partial charge in [0.2, 0.25) is 0 Å². The molecule has 0 amide bonds. The van der Waals surface area contributed by atoms with E-state index in [9.17, 15) is 0 Å². The molecule has 0 spiro atoms. The molecule has 0 bridgehead atoms. The van der Waals surface area contributed by atoms with Crippen molar-refractivity contribution in [3.05, 3.63) is 29.2 Å². The summed E-state index contributed by atoms with van der Waals surface area (Å²) in [5, 5.41) is 3.88. The summed E-state index contributed by atoms with van der Waals surface area (Å²) in [6.45, 7) is 1.76. The molecule has 6 nitrogen and oxygen atoms in total. The van der Waals surface area contributed by atoms with Crippen molar-refractivity contribution in [2.45, 2.75) is 6.92 Å². The first-order valence-corrected chi connectivity index (χ1v) is 6.30. The molecule has 1 heterocycles. The Morgan fingerprint density at radius 1 is 1.00 bits per heavy atom. The lowest BCUT2D eigenvalue weighted by molar-refractivity contribution is 0.348. The van der Waals surface area contributed by atoms with Crippen LogP contribution >= 0.6 is 0 Å². The molecule has 6 heteroatoms. The normalized spacial score (nSPS) is 10.9. The van der Waals surface area contributed by atoms with Gasteiger partial charge in [-0.15, -0.1) is 0 Å². The second-order valence-electron chi connectivity index (χ2n) is 4.32. The third-order valence-electron chi connectivity index (χ3n) is 3.09. The Balaban J connectivity index is 2.41. The molecule has 112 valence electrons. The minimum Gasteiger partial charge on any atom is -0.496 e. The number of rotatable bonds is 5. The summed E-state index contributed by atoms with van der Waals surface area (Å²) < 4.78 is 20.9. The van der Waals surface area contributed by atoms with Gasteiger partial charge in [-0.25, -0.2) is 0 Å². The highest BCUT2D eigenvalue weighted by atomic mass is 16.5. The van der Waals surface area contributed by atoms with Crippen LogP contribution in [0.2, 0.25) is 0 Å². The number of aryl methyl sites for hydroxylation is 1. The molecule has 0 radical (unpaired) electrons. The summed E-state index contributed by atoms with van der Waals surface area (Å²) in [6, 6.07) is 3.58. The van der Waals surface area contributed by atoms with Crippen molar-refractivity contribution in [3.8, 4) is 17.2 Å². The minimum atomic E-state index is 0.519. The van der Waals surface area contributed by atoms with Crippen molar-refractivity contribution in [1.82, 2.24) is 5.16 Å². The molecule has 0 aliphatic rings. The van der Waals surface area contributed by atoms with Gasteiger partial charge in [-0.3, -0.25) is 0 Å². The SMILES string of the molecule is COc1cc(OC)c(OC)cc1C=Cc1noc(C)c1N. The van der Waals surface area contributed by atoms with Crippen LogP contribution in [0.5, 0.6) is 17.2 Å². The second-order valence-corrected chi connectivity index (χ2v) is 4.32. The van der Waals surface area contributed by atoms with Crippen LogP contribution in [0, 0.1) is 6.92 Å². The largest absolute Gasteiger partial charge is 0.496 e. The van der Waals surface area contributed by atoms with Crippen LogP contribution in [0.4, 0.5) is 5.69 Å². The van der Waals surface area contributed by atoms with Crippen molar-refractivity contribution in [3.63, 3.8) is 0 Å². The predicted octanol–water partition coefficient (Wildman–Crippen LogP) is 2.76. The number of anilines is 1. The van der Waals surface area contributed by atoms with Gasteiger partial charge >= 0.3 is 0 Å². The zero-order valence-electron chi connectivity index (χ0n) is 12.5. The summed E-state index contributed by atoms with van der Waals surface area (Å²) in [6.07, 6.45) is 3.59. The third kappa shape index (κ3) is 2.94. The van der Waals surface area contributed by atoms with Gasteiger partial charge in [0.05, 0.1) is 21.3 Å². The highest BCUT2D eigenvalue weighted by Crippen LogP contribution is 2.35. The van der Waals surface area contributed by atoms with Crippen molar-refractivity contribution < 1.29 is 18.7 Å². The van der Waals surface area contributed by atoms with Crippen LogP contribution in [0.25, 0.3) is 12.2 Å². The van der Waals surface area contributed by atoms with Crippen LogP contribution < -0.4 is 19.9 Å². The number of hydrogen-bond acceptors (Lipinski definition) is 6. The maximum absolute atomic E-state index is 5.86. The average molecular weight is 290 g/mol. The van der Waals surface area contributed by atoms with Gasteiger partial charge in [0, 0.05) is 11.6 Å². The minimum absolute atomic E-state index is 0.519. The molecule has 0 saturated carbocycles. The molecule has 21 heavy (non-hydrogen) atoms. The van der Waals surface area contributed by atoms with E-state index in [4.69, 9.17) is 24.5 Å². The lowest BCUT2D eigenvalue weighted by Crippen LogP contribution is -1.94. The molecule has 0 atom stereocenters. The van der Waals surface area contributed by atoms with Crippen LogP contribution in [0.3, 0.4) is 0 Å². The van der Waals surface area contributed by atoms with Crippen LogP contribution in [-0.4, -0.2) is 26.5 Å². The smallest absolute Gasteiger partial charge is 0.164 e. The number of hydrogen-bond donors (Lipinski definition) is 1. The average Bonchev–Trinajstić information content (AvgIpc) is 2.83. The number of methoxy groups -OCH3 is 3. The Morgan fingerprint density at radius 3 is 2.14 bits per heavy atom. The number of nitrogens with zero attached hydrogens (tertiary/aromatic N) is 1. The fraction of sp³-hybridized carbons (Fsp3) is 0.267. The molecular formula is C15H18N2O4. The van der Waals surface area contributed by atoms with E-state index in [-0.39, 0.29) is 0 Å². The number of ether oxygens (including phenoxy) is 3. The Kier molecular flexibility index (Phi) is 4.37. The maximum Gasteiger partial charge on any atom is 0.164 e. The molecule has 2 N–H and O–H groups in total. The van der Waals surface area contributed by atoms with Crippen molar-refractivity contribution in [2.75, 3.05) is 27.1 Å². The maximum atomic E-state index is 5.86. The van der Waals surface area contributed by atoms with Crippen LogP contribution in [-0.2, 0) is 0 Å². The van der Waals surface area contributed by atoms with E-state index < -0.39 is 0 Å². The molecule has 2 aromatic rings. The van der Waals surface area contributed by atoms with E-state index in [0.29, 0.717) is 34.4 Å². The van der Waals surface area contributed by atoms with E-state index in [0.717, 1.165) is 5.56 Å². The van der Waals surface area contributed by atoms with Gasteiger partial charge in [-0.2, -0.15) is 0 Å². The molecule has 0 unspecified atom stereocenters. The predicted molar refractivity (Wildman–Crippen MR) is 80.7 cm³/mol. The van der Waals surface area contributed by atoms with Crippen LogP contribution in [0.1, 0.15) is 17.0 Å². The molecule has 2 rings (SSSR count). The highest BCUT2D eigenvalue weighted by Gasteiger charge is 2.11. The third-order valence-corrected chi connectivity index (χ3v) is 3.09. The van der Waals surface area contributed by atoms with Gasteiger partial charge in [0.1, 0.15) is 17.1 Å². The van der Waals surface area contributed by atoms with Gasteiger partial charge in [0.25, 0.3) is 0 Å². The van der Waals surface area contributed by atoms with Gasteiger partial charge < -0.3 is 24.5 Å². The first-order chi connectivity index (χ1) is 10.1. The van der Waals surface area contributed by atoms with E-state index in [1.54, 1.807) is 40.4 Å². The number of nitrogens with two attached hydrogens (primary N) is 1. The van der Waals surface area contributed by atoms with Gasteiger partial charge in [0.15, 0.2) is 17.3 Å². The zero-order valence-corrected chi connectivity index (χ0v) is 12.5. The lowest BCUT2D eigenvalue weighted by Gasteiger charge is -2.12. The number of aromatic nitrogens is 1. The molecule has 1 aromatic carbocycles. The monoisotopic (exact) mass is 290 g/mol. The van der Waals surface area contributed by atoms with Crippen molar-refractivity contribution in [2.24, 2.45) is 0 Å². The summed E-state index contributed by atoms with van der Waals surface area (Å²) in [5.74, 6) is 2.46. The quantitative estimate of drug-likeness (QED) is 0.912. The van der Waals surface area contributed by atoms with Gasteiger partial charge in [-0.05, 0) is 25.1 Å². The Bertz CT molecular complexity index is 662. The Morgan fingerprint density at radius 2 is 1.62 bits per heavy atom. The Hall–Kier alpha value is -2.63. The molecule has 0 saturated heterocycles. The summed E-state index contributed by atoms with van der Waals surface area (Å²) in [4.78, 5) is 0. The molecule has 1 aromatic heterocycles. The molecule has 0 aliphatic carbocycles. The molecular weight excluding hydrogens is 272 g/mol. The lowest BCUT2D eigenvalue weighted by atomic mass is 10.1. The zero-order chi connectivity index (χ0) is 15.4. The van der Waals surface area contributed by atoms with Crippen molar-refractivity contribution in [1.29, 1.82) is 0 Å². The standard InChI is InChI=1S/C15H18N2O4/c1-9-15(16)11(17-21-9)6-5-10-7-13(19-3)14(20-4)8-12(10)18-2/h5-8H,16H2,1-4H3. The first-order valence-electron chi connectivity index (χ1n) is 6.30. The molecule has 0 aliphatic heterocycles. The van der Waals surface area contributed by atoms with Crippen molar-refractivity contribution >= 4 is 17.8 Å².